The summed E-state index contributed by atoms with van der Waals surface area (Å²) < 4.78 is 30.7. The molecular formula is C8H18O4S. The van der Waals surface area contributed by atoms with Crippen LogP contribution in [0.4, 0.5) is 0 Å². The Labute approximate surface area is 80.4 Å². The Morgan fingerprint density at radius 2 is 1.69 bits per heavy atom. The van der Waals surface area contributed by atoms with Gasteiger partial charge in [-0.25, -0.2) is 0 Å². The summed E-state index contributed by atoms with van der Waals surface area (Å²) in [6.45, 7) is 3.62. The smallest absolute Gasteiger partial charge is 0.264 e. The number of hydrogen-bond acceptors (Lipinski definition) is 4. The third-order valence-electron chi connectivity index (χ3n) is 1.37. The molecule has 0 heterocycles. The fraction of sp³-hybridized carbons (Fsp3) is 1.00. The minimum atomic E-state index is -3.28. The van der Waals surface area contributed by atoms with Crippen LogP contribution in [0.5, 0.6) is 0 Å². The molecule has 80 valence electrons. The topological polar surface area (TPSA) is 52.6 Å². The van der Waals surface area contributed by atoms with Crippen LogP contribution in [0, 0.1) is 0 Å². The van der Waals surface area contributed by atoms with Crippen molar-refractivity contribution >= 4 is 10.1 Å². The Hall–Kier alpha value is -0.130. The highest BCUT2D eigenvalue weighted by atomic mass is 32.2. The predicted molar refractivity (Wildman–Crippen MR) is 51.1 cm³/mol. The molecule has 0 aliphatic carbocycles. The molecule has 0 rings (SSSR count). The van der Waals surface area contributed by atoms with Crippen LogP contribution in [0.1, 0.15) is 26.2 Å². The maximum Gasteiger partial charge on any atom is 0.264 e. The number of rotatable bonds is 8. The fourth-order valence-electron chi connectivity index (χ4n) is 0.720. The first kappa shape index (κ1) is 12.9. The van der Waals surface area contributed by atoms with Gasteiger partial charge in [0.15, 0.2) is 0 Å². The summed E-state index contributed by atoms with van der Waals surface area (Å²) >= 11 is 0. The Balaban J connectivity index is 3.09. The molecule has 0 radical (unpaired) electrons. The normalized spacial score (nSPS) is 11.8. The van der Waals surface area contributed by atoms with Gasteiger partial charge in [0, 0.05) is 13.2 Å². The lowest BCUT2D eigenvalue weighted by atomic mass is 10.4. The Kier molecular flexibility index (Phi) is 7.22. The summed E-state index contributed by atoms with van der Waals surface area (Å²) in [6, 6.07) is 0. The van der Waals surface area contributed by atoms with E-state index in [-0.39, 0.29) is 6.61 Å². The highest BCUT2D eigenvalue weighted by molar-refractivity contribution is 7.85. The largest absolute Gasteiger partial charge is 0.381 e. The molecule has 0 fully saturated rings. The van der Waals surface area contributed by atoms with Gasteiger partial charge in [-0.1, -0.05) is 13.3 Å². The summed E-state index contributed by atoms with van der Waals surface area (Å²) in [4.78, 5) is 0. The number of hydrogen-bond donors (Lipinski definition) is 0. The van der Waals surface area contributed by atoms with Gasteiger partial charge in [-0.3, -0.25) is 4.18 Å². The van der Waals surface area contributed by atoms with E-state index in [1.165, 1.54) is 0 Å². The van der Waals surface area contributed by atoms with E-state index in [9.17, 15) is 8.42 Å². The van der Waals surface area contributed by atoms with Gasteiger partial charge in [-0.05, 0) is 12.8 Å². The van der Waals surface area contributed by atoms with Crippen molar-refractivity contribution < 1.29 is 17.3 Å². The zero-order chi connectivity index (χ0) is 10.2. The van der Waals surface area contributed by atoms with E-state index in [0.717, 1.165) is 25.7 Å². The van der Waals surface area contributed by atoms with Gasteiger partial charge in [0.2, 0.25) is 0 Å². The highest BCUT2D eigenvalue weighted by Gasteiger charge is 1.99. The molecule has 4 nitrogen and oxygen atoms in total. The first-order valence-corrected chi connectivity index (χ1v) is 6.30. The Morgan fingerprint density at radius 3 is 2.23 bits per heavy atom. The highest BCUT2D eigenvalue weighted by Crippen LogP contribution is 1.92. The van der Waals surface area contributed by atoms with E-state index in [4.69, 9.17) is 4.74 Å². The monoisotopic (exact) mass is 210 g/mol. The van der Waals surface area contributed by atoms with Crippen LogP contribution in [-0.4, -0.2) is 34.5 Å². The first-order chi connectivity index (χ1) is 6.06. The molecule has 0 aliphatic heterocycles. The lowest BCUT2D eigenvalue weighted by molar-refractivity contribution is 0.118. The van der Waals surface area contributed by atoms with Gasteiger partial charge in [0.05, 0.1) is 12.9 Å². The molecule has 0 saturated carbocycles. The standard InChI is InChI=1S/C8H18O4S/c1-3-4-6-11-7-5-8-12-13(2,9)10/h3-8H2,1-2H3. The van der Waals surface area contributed by atoms with Gasteiger partial charge in [-0.15, -0.1) is 0 Å². The lowest BCUT2D eigenvalue weighted by Crippen LogP contribution is -2.07. The SMILES string of the molecule is CCCCOCCCOS(C)(=O)=O. The average molecular weight is 210 g/mol. The third kappa shape index (κ3) is 11.9. The molecule has 0 unspecified atom stereocenters. The summed E-state index contributed by atoms with van der Waals surface area (Å²) in [7, 11) is -3.28. The van der Waals surface area contributed by atoms with Crippen molar-refractivity contribution in [1.82, 2.24) is 0 Å². The Morgan fingerprint density at radius 1 is 1.08 bits per heavy atom. The molecular weight excluding hydrogens is 192 g/mol. The molecule has 0 amide bonds. The minimum Gasteiger partial charge on any atom is -0.381 e. The van der Waals surface area contributed by atoms with Gasteiger partial charge in [-0.2, -0.15) is 8.42 Å². The fourth-order valence-corrected chi connectivity index (χ4v) is 1.14. The molecule has 0 aliphatic rings. The molecule has 0 bridgehead atoms. The number of unbranched alkanes of at least 4 members (excludes halogenated alkanes) is 1. The van der Waals surface area contributed by atoms with Crippen molar-refractivity contribution in [1.29, 1.82) is 0 Å². The quantitative estimate of drug-likeness (QED) is 0.446. The van der Waals surface area contributed by atoms with Crippen molar-refractivity contribution in [2.75, 3.05) is 26.1 Å². The van der Waals surface area contributed by atoms with E-state index in [1.807, 2.05) is 0 Å². The molecule has 0 aromatic heterocycles. The molecule has 0 aromatic carbocycles. The van der Waals surface area contributed by atoms with E-state index >= 15 is 0 Å². The van der Waals surface area contributed by atoms with Crippen molar-refractivity contribution in [2.24, 2.45) is 0 Å². The van der Waals surface area contributed by atoms with Crippen molar-refractivity contribution in [3.63, 3.8) is 0 Å². The average Bonchev–Trinajstić information content (AvgIpc) is 2.01. The van der Waals surface area contributed by atoms with Gasteiger partial charge < -0.3 is 4.74 Å². The van der Waals surface area contributed by atoms with Gasteiger partial charge in [0.25, 0.3) is 10.1 Å². The number of ether oxygens (including phenoxy) is 1. The molecule has 0 spiro atoms. The maximum absolute atomic E-state index is 10.5. The van der Waals surface area contributed by atoms with Crippen molar-refractivity contribution in [2.45, 2.75) is 26.2 Å². The minimum absolute atomic E-state index is 0.213. The summed E-state index contributed by atoms with van der Waals surface area (Å²) in [5.41, 5.74) is 0. The van der Waals surface area contributed by atoms with Crippen molar-refractivity contribution in [3.05, 3.63) is 0 Å². The van der Waals surface area contributed by atoms with Crippen LogP contribution in [0.3, 0.4) is 0 Å². The van der Waals surface area contributed by atoms with Crippen LogP contribution in [0.15, 0.2) is 0 Å². The summed E-state index contributed by atoms with van der Waals surface area (Å²) in [5.74, 6) is 0. The van der Waals surface area contributed by atoms with E-state index in [2.05, 4.69) is 11.1 Å². The van der Waals surface area contributed by atoms with Gasteiger partial charge >= 0.3 is 0 Å². The molecule has 0 saturated heterocycles. The maximum atomic E-state index is 10.5. The van der Waals surface area contributed by atoms with E-state index < -0.39 is 10.1 Å². The first-order valence-electron chi connectivity index (χ1n) is 4.48. The van der Waals surface area contributed by atoms with Crippen LogP contribution < -0.4 is 0 Å². The molecule has 0 atom stereocenters. The predicted octanol–water partition coefficient (Wildman–Crippen LogP) is 1.17. The lowest BCUT2D eigenvalue weighted by Gasteiger charge is -2.02. The molecule has 5 heteroatoms. The molecule has 0 aromatic rings. The summed E-state index contributed by atoms with van der Waals surface area (Å²) in [6.07, 6.45) is 3.83. The van der Waals surface area contributed by atoms with Crippen LogP contribution in [0.25, 0.3) is 0 Å². The van der Waals surface area contributed by atoms with Crippen LogP contribution >= 0.6 is 0 Å². The second-order valence-corrected chi connectivity index (χ2v) is 4.49. The van der Waals surface area contributed by atoms with Crippen LogP contribution in [-0.2, 0) is 19.0 Å². The Bertz CT molecular complexity index is 198. The zero-order valence-corrected chi connectivity index (χ0v) is 9.10. The second-order valence-electron chi connectivity index (χ2n) is 2.85. The van der Waals surface area contributed by atoms with E-state index in [1.54, 1.807) is 0 Å². The van der Waals surface area contributed by atoms with Gasteiger partial charge in [0.1, 0.15) is 0 Å². The summed E-state index contributed by atoms with van der Waals surface area (Å²) in [5, 5.41) is 0. The molecule has 13 heavy (non-hydrogen) atoms. The molecule has 0 N–H and O–H groups in total. The zero-order valence-electron chi connectivity index (χ0n) is 8.28. The third-order valence-corrected chi connectivity index (χ3v) is 1.97. The van der Waals surface area contributed by atoms with E-state index in [0.29, 0.717) is 13.0 Å². The van der Waals surface area contributed by atoms with Crippen molar-refractivity contribution in [3.8, 4) is 0 Å². The van der Waals surface area contributed by atoms with Crippen LogP contribution in [0.2, 0.25) is 0 Å². The second kappa shape index (κ2) is 7.29.